The third kappa shape index (κ3) is 4.82. The predicted octanol–water partition coefficient (Wildman–Crippen LogP) is 5.36. The number of ketones is 2. The Morgan fingerprint density at radius 1 is 0.967 bits per heavy atom. The summed E-state index contributed by atoms with van der Waals surface area (Å²) < 4.78 is 0. The fraction of sp³-hybridized carbons (Fsp3) is 0.269. The van der Waals surface area contributed by atoms with E-state index in [9.17, 15) is 14.4 Å². The van der Waals surface area contributed by atoms with E-state index in [1.165, 1.54) is 0 Å². The van der Waals surface area contributed by atoms with Gasteiger partial charge in [-0.25, -0.2) is 0 Å². The lowest BCUT2D eigenvalue weighted by molar-refractivity contribution is -0.116. The van der Waals surface area contributed by atoms with Gasteiger partial charge >= 0.3 is 0 Å². The summed E-state index contributed by atoms with van der Waals surface area (Å²) in [6, 6.07) is 17.1. The lowest BCUT2D eigenvalue weighted by atomic mass is 9.95. The molecule has 4 heteroatoms. The Balaban J connectivity index is 1.90. The Labute approximate surface area is 177 Å². The molecule has 3 aromatic rings. The molecule has 1 unspecified atom stereocenters. The summed E-state index contributed by atoms with van der Waals surface area (Å²) in [5.74, 6) is -0.0380. The molecule has 1 atom stereocenters. The molecule has 1 N–H and O–H groups in total. The van der Waals surface area contributed by atoms with Gasteiger partial charge in [0, 0.05) is 17.5 Å². The first-order valence-electron chi connectivity index (χ1n) is 10.2. The highest BCUT2D eigenvalue weighted by molar-refractivity contribution is 6.00. The summed E-state index contributed by atoms with van der Waals surface area (Å²) in [7, 11) is 0. The van der Waals surface area contributed by atoms with E-state index in [2.05, 4.69) is 5.32 Å². The number of rotatable bonds is 7. The number of nitrogens with one attached hydrogen (secondary N) is 1. The zero-order chi connectivity index (χ0) is 21.8. The van der Waals surface area contributed by atoms with Crippen LogP contribution in [0.15, 0.2) is 54.6 Å². The van der Waals surface area contributed by atoms with Crippen molar-refractivity contribution in [2.24, 2.45) is 0 Å². The van der Waals surface area contributed by atoms with Crippen LogP contribution in [0.4, 0.5) is 0 Å². The number of Topliss-reactive ketones (excluding diaryl/α,β-unsaturated/α-hetero) is 2. The topological polar surface area (TPSA) is 63.2 Å². The number of fused-ring (bicyclic) bond motifs is 1. The van der Waals surface area contributed by atoms with E-state index >= 15 is 0 Å². The van der Waals surface area contributed by atoms with Crippen molar-refractivity contribution < 1.29 is 14.4 Å². The summed E-state index contributed by atoms with van der Waals surface area (Å²) in [4.78, 5) is 36.3. The molecule has 1 amide bonds. The van der Waals surface area contributed by atoms with E-state index in [1.807, 2.05) is 68.4 Å². The molecule has 0 saturated heterocycles. The third-order valence-corrected chi connectivity index (χ3v) is 5.43. The van der Waals surface area contributed by atoms with Gasteiger partial charge in [0.25, 0.3) is 5.91 Å². The summed E-state index contributed by atoms with van der Waals surface area (Å²) in [6.07, 6.45) is 1.08. The van der Waals surface area contributed by atoms with Crippen LogP contribution in [-0.2, 0) is 11.2 Å². The zero-order valence-electron chi connectivity index (χ0n) is 17.9. The molecule has 154 valence electrons. The number of hydrogen-bond donors (Lipinski definition) is 1. The van der Waals surface area contributed by atoms with Gasteiger partial charge in [0.15, 0.2) is 5.78 Å². The molecular formula is C26H27NO3. The summed E-state index contributed by atoms with van der Waals surface area (Å²) in [5, 5.41) is 5.08. The van der Waals surface area contributed by atoms with Crippen molar-refractivity contribution in [3.8, 4) is 0 Å². The van der Waals surface area contributed by atoms with Crippen LogP contribution >= 0.6 is 0 Å². The first kappa shape index (κ1) is 21.4. The standard InChI is InChI=1S/C26H27NO3/c1-16-9-11-20(12-10-17(2)28)13-24(16)26(30)27-18(3)25-15-22(19(4)29)14-21-7-5-6-8-23(21)25/h5-9,11,13-15,18H,10,12H2,1-4H3,(H,27,30). The number of carbonyl (C=O) groups excluding carboxylic acids is 3. The van der Waals surface area contributed by atoms with Crippen molar-refractivity contribution in [3.05, 3.63) is 82.4 Å². The minimum atomic E-state index is -0.276. The van der Waals surface area contributed by atoms with Crippen LogP contribution in [0.1, 0.15) is 70.6 Å². The molecular weight excluding hydrogens is 374 g/mol. The predicted molar refractivity (Wildman–Crippen MR) is 120 cm³/mol. The third-order valence-electron chi connectivity index (χ3n) is 5.43. The van der Waals surface area contributed by atoms with Crippen molar-refractivity contribution in [3.63, 3.8) is 0 Å². The van der Waals surface area contributed by atoms with Crippen LogP contribution in [0.3, 0.4) is 0 Å². The maximum absolute atomic E-state index is 13.0. The van der Waals surface area contributed by atoms with E-state index < -0.39 is 0 Å². The minimum absolute atomic E-state index is 0.00505. The van der Waals surface area contributed by atoms with E-state index in [1.54, 1.807) is 13.8 Å². The van der Waals surface area contributed by atoms with Crippen LogP contribution in [0.2, 0.25) is 0 Å². The van der Waals surface area contributed by atoms with Crippen LogP contribution in [0.5, 0.6) is 0 Å². The fourth-order valence-corrected chi connectivity index (χ4v) is 3.64. The van der Waals surface area contributed by atoms with Gasteiger partial charge in [-0.2, -0.15) is 0 Å². The van der Waals surface area contributed by atoms with Gasteiger partial charge in [-0.15, -0.1) is 0 Å². The van der Waals surface area contributed by atoms with E-state index in [0.29, 0.717) is 24.0 Å². The minimum Gasteiger partial charge on any atom is -0.345 e. The van der Waals surface area contributed by atoms with E-state index in [4.69, 9.17) is 0 Å². The highest BCUT2D eigenvalue weighted by Crippen LogP contribution is 2.27. The van der Waals surface area contributed by atoms with Crippen molar-refractivity contribution in [1.29, 1.82) is 0 Å². The van der Waals surface area contributed by atoms with Crippen molar-refractivity contribution in [2.75, 3.05) is 0 Å². The Morgan fingerprint density at radius 2 is 1.70 bits per heavy atom. The lowest BCUT2D eigenvalue weighted by Crippen LogP contribution is -2.27. The van der Waals surface area contributed by atoms with Crippen LogP contribution in [0, 0.1) is 6.92 Å². The molecule has 0 heterocycles. The quantitative estimate of drug-likeness (QED) is 0.542. The van der Waals surface area contributed by atoms with Gasteiger partial charge in [0.2, 0.25) is 0 Å². The number of amides is 1. The SMILES string of the molecule is CC(=O)CCc1ccc(C)c(C(=O)NC(C)c2cc(C(C)=O)cc3ccccc23)c1. The van der Waals surface area contributed by atoms with E-state index in [-0.39, 0.29) is 23.5 Å². The summed E-state index contributed by atoms with van der Waals surface area (Å²) in [5.41, 5.74) is 4.01. The van der Waals surface area contributed by atoms with Gasteiger partial charge in [-0.1, -0.05) is 36.4 Å². The van der Waals surface area contributed by atoms with Crippen molar-refractivity contribution >= 4 is 28.2 Å². The van der Waals surface area contributed by atoms with Gasteiger partial charge in [0.1, 0.15) is 5.78 Å². The van der Waals surface area contributed by atoms with Gasteiger partial charge < -0.3 is 10.1 Å². The maximum Gasteiger partial charge on any atom is 0.252 e. The summed E-state index contributed by atoms with van der Waals surface area (Å²) in [6.45, 7) is 6.95. The molecule has 0 bridgehead atoms. The molecule has 0 radical (unpaired) electrons. The van der Waals surface area contributed by atoms with Crippen LogP contribution < -0.4 is 5.32 Å². The molecule has 0 aliphatic heterocycles. The largest absolute Gasteiger partial charge is 0.345 e. The highest BCUT2D eigenvalue weighted by atomic mass is 16.2. The first-order chi connectivity index (χ1) is 14.3. The van der Waals surface area contributed by atoms with Crippen molar-refractivity contribution in [2.45, 2.75) is 46.6 Å². The smallest absolute Gasteiger partial charge is 0.252 e. The van der Waals surface area contributed by atoms with Crippen molar-refractivity contribution in [1.82, 2.24) is 5.32 Å². The second kappa shape index (κ2) is 9.04. The Morgan fingerprint density at radius 3 is 2.40 bits per heavy atom. The molecule has 0 saturated carbocycles. The monoisotopic (exact) mass is 401 g/mol. The number of hydrogen-bond acceptors (Lipinski definition) is 3. The lowest BCUT2D eigenvalue weighted by Gasteiger charge is -2.19. The number of benzene rings is 3. The molecule has 30 heavy (non-hydrogen) atoms. The molecule has 3 rings (SSSR count). The molecule has 3 aromatic carbocycles. The van der Waals surface area contributed by atoms with Gasteiger partial charge in [-0.05, 0) is 79.8 Å². The van der Waals surface area contributed by atoms with Crippen LogP contribution in [-0.4, -0.2) is 17.5 Å². The molecule has 0 aliphatic rings. The maximum atomic E-state index is 13.0. The van der Waals surface area contributed by atoms with Crippen LogP contribution in [0.25, 0.3) is 10.8 Å². The number of aryl methyl sites for hydroxylation is 2. The molecule has 0 aliphatic carbocycles. The number of carbonyl (C=O) groups is 3. The molecule has 0 fully saturated rings. The fourth-order valence-electron chi connectivity index (χ4n) is 3.64. The Kier molecular flexibility index (Phi) is 6.46. The van der Waals surface area contributed by atoms with E-state index in [0.717, 1.165) is 27.5 Å². The molecule has 4 nitrogen and oxygen atoms in total. The first-order valence-corrected chi connectivity index (χ1v) is 10.2. The average molecular weight is 402 g/mol. The van der Waals surface area contributed by atoms with Gasteiger partial charge in [-0.3, -0.25) is 9.59 Å². The normalized spacial score (nSPS) is 11.9. The highest BCUT2D eigenvalue weighted by Gasteiger charge is 2.17. The molecule has 0 aromatic heterocycles. The average Bonchev–Trinajstić information content (AvgIpc) is 2.71. The Bertz CT molecular complexity index is 1130. The second-order valence-corrected chi connectivity index (χ2v) is 7.89. The zero-order valence-corrected chi connectivity index (χ0v) is 17.9. The summed E-state index contributed by atoms with van der Waals surface area (Å²) >= 11 is 0. The Hall–Kier alpha value is -3.27. The molecule has 0 spiro atoms. The van der Waals surface area contributed by atoms with Gasteiger partial charge in [0.05, 0.1) is 6.04 Å². The second-order valence-electron chi connectivity index (χ2n) is 7.89.